The topological polar surface area (TPSA) is 80.3 Å². The first-order valence-corrected chi connectivity index (χ1v) is 12.0. The van der Waals surface area contributed by atoms with Crippen LogP contribution >= 0.6 is 0 Å². The Hall–Kier alpha value is -1.99. The van der Waals surface area contributed by atoms with E-state index in [0.717, 1.165) is 50.5 Å². The lowest BCUT2D eigenvalue weighted by Crippen LogP contribution is -2.56. The summed E-state index contributed by atoms with van der Waals surface area (Å²) in [5.74, 6) is 1.83. The molecule has 2 N–H and O–H groups in total. The Morgan fingerprint density at radius 1 is 1.12 bits per heavy atom. The van der Waals surface area contributed by atoms with E-state index in [-0.39, 0.29) is 17.9 Å². The van der Waals surface area contributed by atoms with Crippen molar-refractivity contribution in [2.45, 2.75) is 69.9 Å². The molecule has 1 aromatic carbocycles. The molecule has 2 aliphatic rings. The number of hydrogen-bond donors (Lipinski definition) is 2. The van der Waals surface area contributed by atoms with Crippen molar-refractivity contribution in [2.75, 3.05) is 41.0 Å². The van der Waals surface area contributed by atoms with Gasteiger partial charge in [0, 0.05) is 25.0 Å². The first-order valence-electron chi connectivity index (χ1n) is 12.0. The summed E-state index contributed by atoms with van der Waals surface area (Å²) in [6.07, 6.45) is 7.83. The monoisotopic (exact) mass is 448 g/mol. The van der Waals surface area contributed by atoms with Crippen molar-refractivity contribution in [2.24, 2.45) is 5.92 Å². The summed E-state index contributed by atoms with van der Waals surface area (Å²) < 4.78 is 16.7. The van der Waals surface area contributed by atoms with Crippen LogP contribution in [0.5, 0.6) is 17.2 Å². The van der Waals surface area contributed by atoms with Crippen molar-refractivity contribution < 1.29 is 24.1 Å². The Morgan fingerprint density at radius 3 is 2.47 bits per heavy atom. The van der Waals surface area contributed by atoms with Gasteiger partial charge in [0.15, 0.2) is 11.5 Å². The molecule has 1 amide bonds. The number of carbonyl (C=O) groups excluding carboxylic acids is 1. The average Bonchev–Trinajstić information content (AvgIpc) is 2.80. The zero-order valence-corrected chi connectivity index (χ0v) is 20.1. The Morgan fingerprint density at radius 2 is 1.84 bits per heavy atom. The third-order valence-electron chi connectivity index (χ3n) is 7.15. The van der Waals surface area contributed by atoms with Crippen LogP contribution in [-0.4, -0.2) is 62.5 Å². The van der Waals surface area contributed by atoms with Crippen molar-refractivity contribution in [3.63, 3.8) is 0 Å². The third-order valence-corrected chi connectivity index (χ3v) is 7.15. The van der Waals surface area contributed by atoms with E-state index in [1.807, 2.05) is 12.1 Å². The lowest BCUT2D eigenvalue weighted by molar-refractivity contribution is -0.137. The smallest absolute Gasteiger partial charge is 0.234 e. The van der Waals surface area contributed by atoms with E-state index in [2.05, 4.69) is 17.1 Å². The van der Waals surface area contributed by atoms with Crippen LogP contribution < -0.4 is 19.5 Å². The molecule has 7 nitrogen and oxygen atoms in total. The lowest BCUT2D eigenvalue weighted by atomic mass is 9.66. The minimum Gasteiger partial charge on any atom is -0.493 e. The van der Waals surface area contributed by atoms with Gasteiger partial charge in [0.05, 0.1) is 33.5 Å². The number of amides is 1. The minimum absolute atomic E-state index is 0.0415. The molecule has 3 rings (SSSR count). The number of nitrogens with zero attached hydrogens (tertiary/aromatic N) is 1. The number of nitrogens with one attached hydrogen (secondary N) is 1. The molecular weight excluding hydrogens is 408 g/mol. The maximum absolute atomic E-state index is 12.8. The fraction of sp³-hybridized carbons (Fsp3) is 0.720. The molecule has 7 heteroatoms. The molecule has 0 aromatic heterocycles. The molecule has 0 spiro atoms. The summed E-state index contributed by atoms with van der Waals surface area (Å²) in [7, 11) is 4.82. The van der Waals surface area contributed by atoms with Crippen molar-refractivity contribution in [3.05, 3.63) is 17.7 Å². The molecule has 0 unspecified atom stereocenters. The van der Waals surface area contributed by atoms with E-state index < -0.39 is 5.60 Å². The molecule has 1 aliphatic carbocycles. The van der Waals surface area contributed by atoms with Crippen molar-refractivity contribution in [3.8, 4) is 17.2 Å². The van der Waals surface area contributed by atoms with Crippen LogP contribution in [0.1, 0.15) is 69.9 Å². The maximum Gasteiger partial charge on any atom is 0.234 e. The van der Waals surface area contributed by atoms with Gasteiger partial charge in [-0.15, -0.1) is 0 Å². The second kappa shape index (κ2) is 11.2. The predicted molar refractivity (Wildman–Crippen MR) is 124 cm³/mol. The molecule has 0 radical (unpaired) electrons. The molecule has 180 valence electrons. The van der Waals surface area contributed by atoms with Crippen LogP contribution in [0.25, 0.3) is 0 Å². The van der Waals surface area contributed by atoms with Gasteiger partial charge in [-0.05, 0) is 43.4 Å². The number of aliphatic hydroxyl groups is 1. The van der Waals surface area contributed by atoms with Gasteiger partial charge in [0.1, 0.15) is 0 Å². The molecule has 1 saturated carbocycles. The fourth-order valence-corrected chi connectivity index (χ4v) is 5.48. The summed E-state index contributed by atoms with van der Waals surface area (Å²) in [6, 6.07) is 3.85. The highest BCUT2D eigenvalue weighted by Crippen LogP contribution is 2.51. The van der Waals surface area contributed by atoms with E-state index in [9.17, 15) is 9.90 Å². The maximum atomic E-state index is 12.8. The largest absolute Gasteiger partial charge is 0.493 e. The number of fused-ring (bicyclic) bond motifs is 1. The number of benzene rings is 1. The zero-order valence-electron chi connectivity index (χ0n) is 20.1. The number of hydrogen-bond acceptors (Lipinski definition) is 6. The second-order valence-corrected chi connectivity index (χ2v) is 9.14. The highest BCUT2D eigenvalue weighted by atomic mass is 16.5. The normalized spacial score (nSPS) is 25.7. The molecule has 32 heavy (non-hydrogen) atoms. The Balaban J connectivity index is 1.91. The Labute approximate surface area is 192 Å². The van der Waals surface area contributed by atoms with Gasteiger partial charge >= 0.3 is 0 Å². The highest BCUT2D eigenvalue weighted by molar-refractivity contribution is 5.78. The first kappa shape index (κ1) is 24.6. The van der Waals surface area contributed by atoms with Gasteiger partial charge in [-0.3, -0.25) is 9.69 Å². The van der Waals surface area contributed by atoms with Gasteiger partial charge in [0.25, 0.3) is 0 Å². The van der Waals surface area contributed by atoms with Crippen LogP contribution in [0.2, 0.25) is 0 Å². The fourth-order valence-electron chi connectivity index (χ4n) is 5.48. The molecule has 3 atom stereocenters. The van der Waals surface area contributed by atoms with Crippen LogP contribution in [-0.2, 0) is 4.79 Å². The summed E-state index contributed by atoms with van der Waals surface area (Å²) in [4.78, 5) is 15.0. The van der Waals surface area contributed by atoms with Gasteiger partial charge in [-0.2, -0.15) is 0 Å². The highest BCUT2D eigenvalue weighted by Gasteiger charge is 2.49. The molecule has 0 bridgehead atoms. The molecule has 1 heterocycles. The number of rotatable bonds is 10. The number of methoxy groups -OCH3 is 3. The van der Waals surface area contributed by atoms with Gasteiger partial charge in [0.2, 0.25) is 11.7 Å². The Kier molecular flexibility index (Phi) is 8.65. The predicted octanol–water partition coefficient (Wildman–Crippen LogP) is 3.69. The van der Waals surface area contributed by atoms with Gasteiger partial charge < -0.3 is 24.6 Å². The first-order chi connectivity index (χ1) is 15.5. The van der Waals surface area contributed by atoms with Crippen LogP contribution in [0.15, 0.2) is 12.1 Å². The molecule has 2 fully saturated rings. The molecule has 1 aliphatic heterocycles. The van der Waals surface area contributed by atoms with E-state index in [1.165, 1.54) is 0 Å². The molecule has 1 saturated heterocycles. The summed E-state index contributed by atoms with van der Waals surface area (Å²) in [6.45, 7) is 3.86. The van der Waals surface area contributed by atoms with E-state index in [0.29, 0.717) is 43.3 Å². The molecule has 1 aromatic rings. The van der Waals surface area contributed by atoms with Crippen LogP contribution in [0.3, 0.4) is 0 Å². The van der Waals surface area contributed by atoms with Crippen LogP contribution in [0.4, 0.5) is 0 Å². The Bertz CT molecular complexity index is 746. The SMILES string of the molecule is CCCCCNC(=O)CN1CC[C@]2(O)CCCC[C@@H]2[C@H]1c1cc(OC)c(OC)c(OC)c1. The minimum atomic E-state index is -0.697. The van der Waals surface area contributed by atoms with Crippen molar-refractivity contribution in [1.82, 2.24) is 10.2 Å². The number of carbonyl (C=O) groups is 1. The van der Waals surface area contributed by atoms with Gasteiger partial charge in [-0.25, -0.2) is 0 Å². The lowest BCUT2D eigenvalue weighted by Gasteiger charge is -2.52. The average molecular weight is 449 g/mol. The summed E-state index contributed by atoms with van der Waals surface area (Å²) in [5.41, 5.74) is 0.292. The molecular formula is C25H40N2O5. The van der Waals surface area contributed by atoms with E-state index in [4.69, 9.17) is 14.2 Å². The standard InChI is InChI=1S/C25H40N2O5/c1-5-6-9-13-26-22(28)17-27-14-12-25(29)11-8-7-10-19(25)23(27)18-15-20(30-2)24(32-4)21(16-18)31-3/h15-16,19,23,29H,5-14,17H2,1-4H3,(H,26,28)/t19-,23-,25-/m1/s1. The van der Waals surface area contributed by atoms with Crippen molar-refractivity contribution in [1.29, 1.82) is 0 Å². The zero-order chi connectivity index (χ0) is 23.1. The number of unbranched alkanes of at least 4 members (excludes halogenated alkanes) is 2. The van der Waals surface area contributed by atoms with Crippen LogP contribution in [0, 0.1) is 5.92 Å². The summed E-state index contributed by atoms with van der Waals surface area (Å²) in [5, 5.41) is 14.6. The summed E-state index contributed by atoms with van der Waals surface area (Å²) >= 11 is 0. The number of piperidine rings is 1. The quantitative estimate of drug-likeness (QED) is 0.532. The second-order valence-electron chi connectivity index (χ2n) is 9.14. The van der Waals surface area contributed by atoms with Crippen molar-refractivity contribution >= 4 is 5.91 Å². The third kappa shape index (κ3) is 5.31. The van der Waals surface area contributed by atoms with Gasteiger partial charge in [-0.1, -0.05) is 32.6 Å². The number of ether oxygens (including phenoxy) is 3. The van der Waals surface area contributed by atoms with E-state index >= 15 is 0 Å². The van der Waals surface area contributed by atoms with E-state index in [1.54, 1.807) is 21.3 Å². The number of likely N-dealkylation sites (tertiary alicyclic amines) is 1.